The van der Waals surface area contributed by atoms with Gasteiger partial charge >= 0.3 is 0 Å². The van der Waals surface area contributed by atoms with Gasteiger partial charge in [-0.3, -0.25) is 4.79 Å². The Morgan fingerprint density at radius 1 is 1.55 bits per heavy atom. The van der Waals surface area contributed by atoms with E-state index in [2.05, 4.69) is 31.3 Å². The molecule has 2 N–H and O–H groups in total. The van der Waals surface area contributed by atoms with Crippen molar-refractivity contribution in [3.8, 4) is 0 Å². The van der Waals surface area contributed by atoms with Gasteiger partial charge in [0.25, 0.3) is 5.56 Å². The van der Waals surface area contributed by atoms with Crippen LogP contribution >= 0.6 is 15.9 Å². The van der Waals surface area contributed by atoms with Gasteiger partial charge in [-0.1, -0.05) is 0 Å². The molecule has 2 aromatic heterocycles. The van der Waals surface area contributed by atoms with Crippen molar-refractivity contribution in [3.63, 3.8) is 0 Å². The predicted octanol–water partition coefficient (Wildman–Crippen LogP) is 0.695. The SMILES string of the molecule is CC(Cn1ccnc1)Nc1cnn(CCO)c(=O)c1Br. The van der Waals surface area contributed by atoms with Crippen LogP contribution in [0.25, 0.3) is 0 Å². The molecule has 0 aliphatic rings. The predicted molar refractivity (Wildman–Crippen MR) is 78.6 cm³/mol. The summed E-state index contributed by atoms with van der Waals surface area (Å²) in [5, 5.41) is 16.1. The summed E-state index contributed by atoms with van der Waals surface area (Å²) in [6, 6.07) is 0.107. The van der Waals surface area contributed by atoms with Gasteiger partial charge in [-0.15, -0.1) is 0 Å². The molecule has 0 radical (unpaired) electrons. The molecule has 108 valence electrons. The van der Waals surface area contributed by atoms with Gasteiger partial charge in [-0.05, 0) is 22.9 Å². The summed E-state index contributed by atoms with van der Waals surface area (Å²) in [7, 11) is 0. The third-order valence-electron chi connectivity index (χ3n) is 2.74. The van der Waals surface area contributed by atoms with E-state index < -0.39 is 0 Å². The smallest absolute Gasteiger partial charge is 0.283 e. The molecule has 2 aromatic rings. The second kappa shape index (κ2) is 6.67. The van der Waals surface area contributed by atoms with Gasteiger partial charge in [0.1, 0.15) is 4.47 Å². The van der Waals surface area contributed by atoms with Crippen LogP contribution in [-0.4, -0.2) is 37.1 Å². The Balaban J connectivity index is 2.09. The minimum atomic E-state index is -0.265. The number of rotatable bonds is 6. The highest BCUT2D eigenvalue weighted by molar-refractivity contribution is 9.10. The molecule has 0 amide bonds. The van der Waals surface area contributed by atoms with E-state index in [1.54, 1.807) is 18.7 Å². The van der Waals surface area contributed by atoms with Crippen LogP contribution in [0.4, 0.5) is 5.69 Å². The highest BCUT2D eigenvalue weighted by Gasteiger charge is 2.11. The Kier molecular flexibility index (Phi) is 4.91. The molecule has 20 heavy (non-hydrogen) atoms. The zero-order chi connectivity index (χ0) is 14.5. The number of hydrogen-bond acceptors (Lipinski definition) is 5. The zero-order valence-corrected chi connectivity index (χ0v) is 12.6. The second-order valence-corrected chi connectivity index (χ2v) is 5.22. The molecule has 0 spiro atoms. The summed E-state index contributed by atoms with van der Waals surface area (Å²) >= 11 is 3.27. The lowest BCUT2D eigenvalue weighted by Gasteiger charge is -2.17. The minimum absolute atomic E-state index is 0.107. The number of hydrogen-bond donors (Lipinski definition) is 2. The van der Waals surface area contributed by atoms with Crippen molar-refractivity contribution in [1.29, 1.82) is 0 Å². The van der Waals surface area contributed by atoms with Gasteiger partial charge in [0, 0.05) is 25.0 Å². The van der Waals surface area contributed by atoms with Crippen molar-refractivity contribution in [1.82, 2.24) is 19.3 Å². The summed E-state index contributed by atoms with van der Waals surface area (Å²) in [5.41, 5.74) is 0.371. The first kappa shape index (κ1) is 14.7. The molecule has 2 heterocycles. The molecule has 1 unspecified atom stereocenters. The van der Waals surface area contributed by atoms with Crippen LogP contribution in [0, 0.1) is 0 Å². The maximum atomic E-state index is 12.0. The number of nitrogens with one attached hydrogen (secondary N) is 1. The van der Waals surface area contributed by atoms with E-state index in [0.29, 0.717) is 10.2 Å². The van der Waals surface area contributed by atoms with Gasteiger partial charge in [0.05, 0.1) is 31.4 Å². The quantitative estimate of drug-likeness (QED) is 0.807. The molecule has 0 saturated heterocycles. The first-order chi connectivity index (χ1) is 9.61. The standard InChI is InChI=1S/C12H16BrN5O2/c1-9(7-17-3-2-14-8-17)16-10-6-15-18(4-5-19)12(20)11(10)13/h2-3,6,8-9,16,19H,4-5,7H2,1H3. The molecular formula is C12H16BrN5O2. The van der Waals surface area contributed by atoms with Gasteiger partial charge in [-0.25, -0.2) is 9.67 Å². The lowest BCUT2D eigenvalue weighted by atomic mass is 10.3. The average Bonchev–Trinajstić information content (AvgIpc) is 2.91. The third kappa shape index (κ3) is 3.45. The molecule has 1 atom stereocenters. The number of nitrogens with zero attached hydrogens (tertiary/aromatic N) is 4. The minimum Gasteiger partial charge on any atom is -0.394 e. The Labute approximate surface area is 124 Å². The van der Waals surface area contributed by atoms with Crippen LogP contribution in [0.3, 0.4) is 0 Å². The van der Waals surface area contributed by atoms with E-state index in [-0.39, 0.29) is 24.8 Å². The number of imidazole rings is 1. The molecule has 0 aromatic carbocycles. The summed E-state index contributed by atoms with van der Waals surface area (Å²) in [6.45, 7) is 2.79. The fourth-order valence-corrected chi connectivity index (χ4v) is 2.26. The molecular weight excluding hydrogens is 326 g/mol. The molecule has 0 aliphatic heterocycles. The monoisotopic (exact) mass is 341 g/mol. The molecule has 0 saturated carbocycles. The zero-order valence-electron chi connectivity index (χ0n) is 11.0. The van der Waals surface area contributed by atoms with Crippen molar-refractivity contribution in [2.24, 2.45) is 0 Å². The van der Waals surface area contributed by atoms with Gasteiger partial charge in [-0.2, -0.15) is 5.10 Å². The summed E-state index contributed by atoms with van der Waals surface area (Å²) in [4.78, 5) is 15.9. The Morgan fingerprint density at radius 3 is 3.00 bits per heavy atom. The summed E-state index contributed by atoms with van der Waals surface area (Å²) in [5.74, 6) is 0. The average molecular weight is 342 g/mol. The van der Waals surface area contributed by atoms with Crippen molar-refractivity contribution in [2.45, 2.75) is 26.1 Å². The maximum absolute atomic E-state index is 12.0. The van der Waals surface area contributed by atoms with E-state index in [1.807, 2.05) is 17.7 Å². The molecule has 0 fully saturated rings. The number of aliphatic hydroxyl groups excluding tert-OH is 1. The topological polar surface area (TPSA) is 85.0 Å². The van der Waals surface area contributed by atoms with E-state index in [0.717, 1.165) is 6.54 Å². The summed E-state index contributed by atoms with van der Waals surface area (Å²) < 4.78 is 3.58. The van der Waals surface area contributed by atoms with Crippen molar-refractivity contribution < 1.29 is 5.11 Å². The number of anilines is 1. The number of aromatic nitrogens is 4. The fraction of sp³-hybridized carbons (Fsp3) is 0.417. The molecule has 0 bridgehead atoms. The van der Waals surface area contributed by atoms with E-state index >= 15 is 0 Å². The molecule has 7 nitrogen and oxygen atoms in total. The normalized spacial score (nSPS) is 12.3. The largest absolute Gasteiger partial charge is 0.394 e. The highest BCUT2D eigenvalue weighted by atomic mass is 79.9. The fourth-order valence-electron chi connectivity index (χ4n) is 1.84. The van der Waals surface area contributed by atoms with Crippen molar-refractivity contribution in [2.75, 3.05) is 11.9 Å². The first-order valence-electron chi connectivity index (χ1n) is 6.20. The van der Waals surface area contributed by atoms with Crippen LogP contribution in [0.1, 0.15) is 6.92 Å². The third-order valence-corrected chi connectivity index (χ3v) is 3.51. The van der Waals surface area contributed by atoms with Crippen molar-refractivity contribution in [3.05, 3.63) is 39.7 Å². The molecule has 0 aliphatic carbocycles. The lowest BCUT2D eigenvalue weighted by molar-refractivity contribution is 0.266. The Morgan fingerprint density at radius 2 is 2.35 bits per heavy atom. The molecule has 8 heteroatoms. The van der Waals surface area contributed by atoms with E-state index in [9.17, 15) is 4.79 Å². The van der Waals surface area contributed by atoms with Crippen LogP contribution < -0.4 is 10.9 Å². The van der Waals surface area contributed by atoms with Crippen LogP contribution in [0.15, 0.2) is 34.2 Å². The Hall–Kier alpha value is -1.67. The van der Waals surface area contributed by atoms with Crippen LogP contribution in [0.5, 0.6) is 0 Å². The highest BCUT2D eigenvalue weighted by Crippen LogP contribution is 2.17. The van der Waals surface area contributed by atoms with E-state index in [4.69, 9.17) is 5.11 Å². The lowest BCUT2D eigenvalue weighted by Crippen LogP contribution is -2.28. The van der Waals surface area contributed by atoms with Gasteiger partial charge in [0.2, 0.25) is 0 Å². The Bertz CT molecular complexity index is 611. The maximum Gasteiger partial charge on any atom is 0.283 e. The number of halogens is 1. The molecule has 2 rings (SSSR count). The van der Waals surface area contributed by atoms with Crippen LogP contribution in [0.2, 0.25) is 0 Å². The number of aliphatic hydroxyl groups is 1. The van der Waals surface area contributed by atoms with E-state index in [1.165, 1.54) is 4.68 Å². The van der Waals surface area contributed by atoms with Crippen LogP contribution in [-0.2, 0) is 13.1 Å². The second-order valence-electron chi connectivity index (χ2n) is 4.43. The summed E-state index contributed by atoms with van der Waals surface area (Å²) in [6.07, 6.45) is 6.92. The van der Waals surface area contributed by atoms with Crippen molar-refractivity contribution >= 4 is 21.6 Å². The first-order valence-corrected chi connectivity index (χ1v) is 7.00. The van der Waals surface area contributed by atoms with Gasteiger partial charge < -0.3 is 15.0 Å². The van der Waals surface area contributed by atoms with Gasteiger partial charge in [0.15, 0.2) is 0 Å².